The zero-order valence-corrected chi connectivity index (χ0v) is 15.2. The van der Waals surface area contributed by atoms with E-state index in [0.29, 0.717) is 13.3 Å². The van der Waals surface area contributed by atoms with E-state index in [9.17, 15) is 0 Å². The third kappa shape index (κ3) is 4.50. The predicted octanol–water partition coefficient (Wildman–Crippen LogP) is 4.72. The standard InChI is InChI=1S/C22H27NO2/c1-3-15-24-17-23(2)14-8-12-20-19-10-5-4-9-18(19)16-25-22-13-7-6-11-21(20)22/h4-7,9-13H,3,8,14-17H2,1-2H3/b20-12-. The highest BCUT2D eigenvalue weighted by molar-refractivity contribution is 5.84. The van der Waals surface area contributed by atoms with E-state index in [4.69, 9.17) is 9.47 Å². The average Bonchev–Trinajstić information content (AvgIpc) is 2.80. The summed E-state index contributed by atoms with van der Waals surface area (Å²) in [5, 5.41) is 0. The summed E-state index contributed by atoms with van der Waals surface area (Å²) in [7, 11) is 2.10. The average molecular weight is 337 g/mol. The maximum Gasteiger partial charge on any atom is 0.127 e. The maximum absolute atomic E-state index is 6.03. The molecule has 0 N–H and O–H groups in total. The van der Waals surface area contributed by atoms with Crippen molar-refractivity contribution in [3.05, 3.63) is 71.3 Å². The third-order valence-electron chi connectivity index (χ3n) is 4.39. The van der Waals surface area contributed by atoms with Crippen molar-refractivity contribution in [2.24, 2.45) is 0 Å². The van der Waals surface area contributed by atoms with Crippen LogP contribution in [-0.2, 0) is 11.3 Å². The molecule has 0 amide bonds. The van der Waals surface area contributed by atoms with Gasteiger partial charge in [0.15, 0.2) is 0 Å². The Morgan fingerprint density at radius 1 is 1.08 bits per heavy atom. The largest absolute Gasteiger partial charge is 0.488 e. The molecule has 3 nitrogen and oxygen atoms in total. The van der Waals surface area contributed by atoms with Crippen LogP contribution in [0.25, 0.3) is 5.57 Å². The van der Waals surface area contributed by atoms with Crippen LogP contribution in [0.1, 0.15) is 36.5 Å². The molecule has 3 rings (SSSR count). The lowest BCUT2D eigenvalue weighted by atomic mass is 9.93. The molecule has 0 radical (unpaired) electrons. The first kappa shape index (κ1) is 17.7. The molecular formula is C22H27NO2. The fourth-order valence-electron chi connectivity index (χ4n) is 3.10. The van der Waals surface area contributed by atoms with Crippen molar-refractivity contribution in [3.8, 4) is 5.75 Å². The van der Waals surface area contributed by atoms with Gasteiger partial charge in [0, 0.05) is 18.7 Å². The van der Waals surface area contributed by atoms with E-state index in [1.54, 1.807) is 0 Å². The number of hydrogen-bond donors (Lipinski definition) is 0. The minimum atomic E-state index is 0.620. The van der Waals surface area contributed by atoms with Gasteiger partial charge >= 0.3 is 0 Å². The van der Waals surface area contributed by atoms with Gasteiger partial charge in [-0.1, -0.05) is 55.5 Å². The van der Waals surface area contributed by atoms with E-state index in [1.807, 2.05) is 6.07 Å². The van der Waals surface area contributed by atoms with E-state index in [1.165, 1.54) is 22.3 Å². The Labute approximate surface area is 150 Å². The van der Waals surface area contributed by atoms with Crippen LogP contribution in [-0.4, -0.2) is 31.8 Å². The molecule has 0 saturated carbocycles. The van der Waals surface area contributed by atoms with Crippen molar-refractivity contribution >= 4 is 5.57 Å². The Morgan fingerprint density at radius 3 is 2.68 bits per heavy atom. The number of nitrogens with zero attached hydrogens (tertiary/aromatic N) is 1. The highest BCUT2D eigenvalue weighted by Gasteiger charge is 2.18. The number of hydrogen-bond acceptors (Lipinski definition) is 3. The summed E-state index contributed by atoms with van der Waals surface area (Å²) in [4.78, 5) is 2.22. The fraction of sp³-hybridized carbons (Fsp3) is 0.364. The molecule has 0 atom stereocenters. The zero-order chi connectivity index (χ0) is 17.5. The van der Waals surface area contributed by atoms with E-state index in [0.717, 1.165) is 31.7 Å². The first-order valence-corrected chi connectivity index (χ1v) is 9.06. The van der Waals surface area contributed by atoms with Gasteiger partial charge < -0.3 is 9.47 Å². The second kappa shape index (κ2) is 8.84. The van der Waals surface area contributed by atoms with Crippen LogP contribution in [0.2, 0.25) is 0 Å². The van der Waals surface area contributed by atoms with Crippen molar-refractivity contribution in [2.75, 3.05) is 26.9 Å². The van der Waals surface area contributed by atoms with Gasteiger partial charge in [0.1, 0.15) is 12.4 Å². The van der Waals surface area contributed by atoms with Crippen LogP contribution in [0.3, 0.4) is 0 Å². The monoisotopic (exact) mass is 337 g/mol. The van der Waals surface area contributed by atoms with Crippen molar-refractivity contribution in [1.29, 1.82) is 0 Å². The molecule has 0 bridgehead atoms. The van der Waals surface area contributed by atoms with Gasteiger partial charge in [-0.2, -0.15) is 0 Å². The first-order valence-electron chi connectivity index (χ1n) is 9.06. The second-order valence-electron chi connectivity index (χ2n) is 6.47. The molecule has 0 spiro atoms. The number of para-hydroxylation sites is 1. The third-order valence-corrected chi connectivity index (χ3v) is 4.39. The molecule has 0 aromatic heterocycles. The van der Waals surface area contributed by atoms with Crippen LogP contribution in [0.5, 0.6) is 5.75 Å². The first-order chi connectivity index (χ1) is 12.3. The minimum Gasteiger partial charge on any atom is -0.488 e. The summed E-state index contributed by atoms with van der Waals surface area (Å²) in [6, 6.07) is 16.8. The van der Waals surface area contributed by atoms with Crippen LogP contribution in [0.15, 0.2) is 54.6 Å². The lowest BCUT2D eigenvalue weighted by Crippen LogP contribution is -2.22. The summed E-state index contributed by atoms with van der Waals surface area (Å²) in [6.45, 7) is 5.23. The molecule has 2 aromatic rings. The Kier molecular flexibility index (Phi) is 6.26. The molecule has 0 aliphatic carbocycles. The van der Waals surface area contributed by atoms with Crippen LogP contribution < -0.4 is 4.74 Å². The molecule has 0 saturated heterocycles. The predicted molar refractivity (Wildman–Crippen MR) is 103 cm³/mol. The SMILES string of the molecule is CCCOCN(C)CC/C=C1/c2ccccc2COc2ccccc21. The van der Waals surface area contributed by atoms with Crippen molar-refractivity contribution < 1.29 is 9.47 Å². The summed E-state index contributed by atoms with van der Waals surface area (Å²) in [5.74, 6) is 0.963. The Morgan fingerprint density at radius 2 is 1.84 bits per heavy atom. The van der Waals surface area contributed by atoms with Gasteiger partial charge in [0.25, 0.3) is 0 Å². The van der Waals surface area contributed by atoms with Gasteiger partial charge in [0.2, 0.25) is 0 Å². The normalized spacial score (nSPS) is 14.8. The zero-order valence-electron chi connectivity index (χ0n) is 15.2. The number of benzene rings is 2. The van der Waals surface area contributed by atoms with Gasteiger partial charge in [-0.25, -0.2) is 0 Å². The molecule has 3 heteroatoms. The lowest BCUT2D eigenvalue weighted by Gasteiger charge is -2.16. The second-order valence-corrected chi connectivity index (χ2v) is 6.47. The van der Waals surface area contributed by atoms with Gasteiger partial charge in [-0.3, -0.25) is 4.90 Å². The summed E-state index contributed by atoms with van der Waals surface area (Å²) >= 11 is 0. The molecule has 1 aliphatic rings. The quantitative estimate of drug-likeness (QED) is 0.539. The highest BCUT2D eigenvalue weighted by atomic mass is 16.5. The molecule has 0 fully saturated rings. The van der Waals surface area contributed by atoms with E-state index in [2.05, 4.69) is 67.4 Å². The van der Waals surface area contributed by atoms with Crippen LogP contribution >= 0.6 is 0 Å². The fourth-order valence-corrected chi connectivity index (χ4v) is 3.10. The highest BCUT2D eigenvalue weighted by Crippen LogP contribution is 2.36. The topological polar surface area (TPSA) is 21.7 Å². The number of rotatable bonds is 7. The van der Waals surface area contributed by atoms with Crippen molar-refractivity contribution in [2.45, 2.75) is 26.4 Å². The summed E-state index contributed by atoms with van der Waals surface area (Å²) < 4.78 is 11.6. The molecule has 1 heterocycles. The van der Waals surface area contributed by atoms with Gasteiger partial charge in [-0.05, 0) is 42.7 Å². The summed E-state index contributed by atoms with van der Waals surface area (Å²) in [5.41, 5.74) is 4.96. The number of fused-ring (bicyclic) bond motifs is 2. The maximum atomic E-state index is 6.03. The smallest absolute Gasteiger partial charge is 0.127 e. The summed E-state index contributed by atoms with van der Waals surface area (Å²) in [6.07, 6.45) is 4.37. The number of ether oxygens (including phenoxy) is 2. The van der Waals surface area contributed by atoms with Crippen LogP contribution in [0.4, 0.5) is 0 Å². The van der Waals surface area contributed by atoms with E-state index < -0.39 is 0 Å². The van der Waals surface area contributed by atoms with Gasteiger partial charge in [-0.15, -0.1) is 0 Å². The van der Waals surface area contributed by atoms with Gasteiger partial charge in [0.05, 0.1) is 6.73 Å². The van der Waals surface area contributed by atoms with E-state index >= 15 is 0 Å². The molecule has 1 aliphatic heterocycles. The minimum absolute atomic E-state index is 0.620. The van der Waals surface area contributed by atoms with E-state index in [-0.39, 0.29) is 0 Å². The Hall–Kier alpha value is -2.10. The molecule has 0 unspecified atom stereocenters. The lowest BCUT2D eigenvalue weighted by molar-refractivity contribution is 0.0443. The molecule has 25 heavy (non-hydrogen) atoms. The van der Waals surface area contributed by atoms with Crippen molar-refractivity contribution in [3.63, 3.8) is 0 Å². The Balaban J connectivity index is 1.79. The molecule has 2 aromatic carbocycles. The molecular weight excluding hydrogens is 310 g/mol. The van der Waals surface area contributed by atoms with Crippen molar-refractivity contribution in [1.82, 2.24) is 4.90 Å². The Bertz CT molecular complexity index is 674. The molecule has 132 valence electrons. The van der Waals surface area contributed by atoms with Crippen LogP contribution in [0, 0.1) is 0 Å².